The lowest BCUT2D eigenvalue weighted by molar-refractivity contribution is -0.184. The molecule has 1 aliphatic heterocycles. The lowest BCUT2D eigenvalue weighted by Gasteiger charge is -2.29. The van der Waals surface area contributed by atoms with E-state index in [1.54, 1.807) is 0 Å². The van der Waals surface area contributed by atoms with Crippen LogP contribution in [-0.2, 0) is 14.3 Å². The molecule has 0 saturated carbocycles. The van der Waals surface area contributed by atoms with Gasteiger partial charge in [0.2, 0.25) is 5.91 Å². The van der Waals surface area contributed by atoms with E-state index in [-0.39, 0.29) is 55.8 Å². The Morgan fingerprint density at radius 3 is 2.23 bits per heavy atom. The molecular formula is C23H45NO7. The third-order valence-electron chi connectivity index (χ3n) is 6.57. The van der Waals surface area contributed by atoms with Crippen LogP contribution in [0, 0.1) is 11.8 Å². The molecule has 1 saturated heterocycles. The fourth-order valence-electron chi connectivity index (χ4n) is 3.83. The first-order valence-electron chi connectivity index (χ1n) is 11.9. The van der Waals surface area contributed by atoms with Crippen molar-refractivity contribution >= 4 is 5.91 Å². The largest absolute Gasteiger partial charge is 0.394 e. The van der Waals surface area contributed by atoms with Gasteiger partial charge < -0.3 is 35.2 Å². The zero-order chi connectivity index (χ0) is 23.6. The molecule has 1 heterocycles. The second kappa shape index (κ2) is 14.4. The van der Waals surface area contributed by atoms with Crippen LogP contribution in [0.2, 0.25) is 0 Å². The van der Waals surface area contributed by atoms with Gasteiger partial charge in [-0.05, 0) is 24.7 Å². The van der Waals surface area contributed by atoms with Crippen LogP contribution < -0.4 is 5.32 Å². The van der Waals surface area contributed by atoms with Gasteiger partial charge in [0, 0.05) is 18.9 Å². The minimum Gasteiger partial charge on any atom is -0.394 e. The minimum atomic E-state index is -0.882. The van der Waals surface area contributed by atoms with E-state index in [9.17, 15) is 25.2 Å². The molecule has 31 heavy (non-hydrogen) atoms. The maximum Gasteiger partial charge on any atom is 0.222 e. The van der Waals surface area contributed by atoms with Gasteiger partial charge in [-0.2, -0.15) is 0 Å². The SMILES string of the molecule is CC[C@@H](O)CC(NC(=O)C[C@@H](O)C[C@H](OC1CC(O)[C@H](CO)O1)[C@H](C)CC)[C@H](C)CC. The predicted octanol–water partition coefficient (Wildman–Crippen LogP) is 1.72. The molecule has 0 aromatic carbocycles. The van der Waals surface area contributed by atoms with Crippen LogP contribution in [0.25, 0.3) is 0 Å². The summed E-state index contributed by atoms with van der Waals surface area (Å²) in [6.45, 7) is 9.77. The Morgan fingerprint density at radius 1 is 1.06 bits per heavy atom. The van der Waals surface area contributed by atoms with Crippen molar-refractivity contribution in [3.05, 3.63) is 0 Å². The summed E-state index contributed by atoms with van der Waals surface area (Å²) in [5.74, 6) is 0.111. The highest BCUT2D eigenvalue weighted by Crippen LogP contribution is 2.27. The smallest absolute Gasteiger partial charge is 0.222 e. The molecule has 184 valence electrons. The minimum absolute atomic E-state index is 0.0428. The molecule has 8 heteroatoms. The van der Waals surface area contributed by atoms with Gasteiger partial charge in [0.15, 0.2) is 6.29 Å². The molecule has 9 atom stereocenters. The van der Waals surface area contributed by atoms with Crippen molar-refractivity contribution in [2.75, 3.05) is 6.61 Å². The number of aliphatic hydroxyl groups excluding tert-OH is 4. The molecule has 0 aromatic rings. The molecule has 8 nitrogen and oxygen atoms in total. The Labute approximate surface area is 187 Å². The Morgan fingerprint density at radius 2 is 1.71 bits per heavy atom. The van der Waals surface area contributed by atoms with Gasteiger partial charge in [-0.3, -0.25) is 4.79 Å². The second-order valence-corrected chi connectivity index (χ2v) is 9.10. The zero-order valence-corrected chi connectivity index (χ0v) is 19.9. The summed E-state index contributed by atoms with van der Waals surface area (Å²) in [6.07, 6.45) is -0.417. The Balaban J connectivity index is 2.63. The molecule has 0 aromatic heterocycles. The average molecular weight is 448 g/mol. The number of ether oxygens (including phenoxy) is 2. The second-order valence-electron chi connectivity index (χ2n) is 9.10. The van der Waals surface area contributed by atoms with Crippen molar-refractivity contribution in [2.45, 2.75) is 122 Å². The molecule has 1 rings (SSSR count). The van der Waals surface area contributed by atoms with Gasteiger partial charge in [-0.1, -0.05) is 47.5 Å². The predicted molar refractivity (Wildman–Crippen MR) is 118 cm³/mol. The van der Waals surface area contributed by atoms with Crippen LogP contribution in [0.4, 0.5) is 0 Å². The first-order chi connectivity index (χ1) is 14.6. The van der Waals surface area contributed by atoms with Gasteiger partial charge in [-0.25, -0.2) is 0 Å². The third-order valence-corrected chi connectivity index (χ3v) is 6.57. The Kier molecular flexibility index (Phi) is 13.1. The van der Waals surface area contributed by atoms with E-state index in [1.165, 1.54) is 0 Å². The fraction of sp³-hybridized carbons (Fsp3) is 0.957. The van der Waals surface area contributed by atoms with Crippen molar-refractivity contribution in [1.29, 1.82) is 0 Å². The van der Waals surface area contributed by atoms with Crippen LogP contribution in [0.5, 0.6) is 0 Å². The fourth-order valence-corrected chi connectivity index (χ4v) is 3.83. The number of carbonyl (C=O) groups is 1. The van der Waals surface area contributed by atoms with E-state index in [0.29, 0.717) is 12.8 Å². The van der Waals surface area contributed by atoms with E-state index in [4.69, 9.17) is 9.47 Å². The number of rotatable bonds is 15. The van der Waals surface area contributed by atoms with E-state index in [2.05, 4.69) is 12.2 Å². The molecular weight excluding hydrogens is 402 g/mol. The number of carbonyl (C=O) groups excluding carboxylic acids is 1. The molecule has 0 spiro atoms. The summed E-state index contributed by atoms with van der Waals surface area (Å²) in [5, 5.41) is 42.7. The molecule has 3 unspecified atom stereocenters. The summed E-state index contributed by atoms with van der Waals surface area (Å²) in [5.41, 5.74) is 0. The lowest BCUT2D eigenvalue weighted by Crippen LogP contribution is -2.43. The van der Waals surface area contributed by atoms with Gasteiger partial charge >= 0.3 is 0 Å². The van der Waals surface area contributed by atoms with E-state index >= 15 is 0 Å². The van der Waals surface area contributed by atoms with Crippen molar-refractivity contribution in [2.24, 2.45) is 11.8 Å². The molecule has 1 amide bonds. The highest BCUT2D eigenvalue weighted by atomic mass is 16.7. The molecule has 1 aliphatic rings. The summed E-state index contributed by atoms with van der Waals surface area (Å²) in [6, 6.07) is -0.134. The molecule has 0 bridgehead atoms. The quantitative estimate of drug-likeness (QED) is 0.258. The summed E-state index contributed by atoms with van der Waals surface area (Å²) < 4.78 is 11.5. The molecule has 0 aliphatic carbocycles. The van der Waals surface area contributed by atoms with Gasteiger partial charge in [-0.15, -0.1) is 0 Å². The highest BCUT2D eigenvalue weighted by molar-refractivity contribution is 5.76. The van der Waals surface area contributed by atoms with Crippen molar-refractivity contribution < 1.29 is 34.7 Å². The van der Waals surface area contributed by atoms with Gasteiger partial charge in [0.1, 0.15) is 6.10 Å². The summed E-state index contributed by atoms with van der Waals surface area (Å²) in [7, 11) is 0. The molecule has 5 N–H and O–H groups in total. The van der Waals surface area contributed by atoms with Crippen LogP contribution in [-0.4, -0.2) is 75.8 Å². The number of aliphatic hydroxyl groups is 4. The number of amides is 1. The van der Waals surface area contributed by atoms with Gasteiger partial charge in [0.05, 0.1) is 37.4 Å². The maximum absolute atomic E-state index is 12.6. The Hall–Kier alpha value is -0.770. The molecule has 1 fully saturated rings. The van der Waals surface area contributed by atoms with Crippen molar-refractivity contribution in [3.63, 3.8) is 0 Å². The first-order valence-corrected chi connectivity index (χ1v) is 11.9. The Bertz CT molecular complexity index is 506. The number of hydrogen-bond donors (Lipinski definition) is 5. The summed E-state index contributed by atoms with van der Waals surface area (Å²) >= 11 is 0. The van der Waals surface area contributed by atoms with Crippen LogP contribution in [0.1, 0.15) is 79.6 Å². The van der Waals surface area contributed by atoms with Crippen molar-refractivity contribution in [1.82, 2.24) is 5.32 Å². The zero-order valence-electron chi connectivity index (χ0n) is 19.9. The topological polar surface area (TPSA) is 128 Å². The van der Waals surface area contributed by atoms with E-state index in [1.807, 2.05) is 27.7 Å². The third kappa shape index (κ3) is 9.72. The van der Waals surface area contributed by atoms with Gasteiger partial charge in [0.25, 0.3) is 0 Å². The van der Waals surface area contributed by atoms with E-state index < -0.39 is 30.7 Å². The lowest BCUT2D eigenvalue weighted by atomic mass is 9.92. The van der Waals surface area contributed by atoms with Crippen LogP contribution in [0.15, 0.2) is 0 Å². The maximum atomic E-state index is 12.6. The first kappa shape index (κ1) is 28.3. The molecule has 0 radical (unpaired) electrons. The summed E-state index contributed by atoms with van der Waals surface area (Å²) in [4.78, 5) is 12.6. The van der Waals surface area contributed by atoms with Crippen molar-refractivity contribution in [3.8, 4) is 0 Å². The normalized spacial score (nSPS) is 27.3. The van der Waals surface area contributed by atoms with Crippen LogP contribution in [0.3, 0.4) is 0 Å². The number of hydrogen-bond acceptors (Lipinski definition) is 7. The standard InChI is InChI=1S/C23H45NO7/c1-6-14(4)18(9-16(26)8-3)24-22(29)11-17(27)10-20(15(5)7-2)30-23-12-19(28)21(13-25)31-23/h14-21,23,25-28H,6-13H2,1-5H3,(H,24,29)/t14-,15-,16-,17+,18?,19?,20+,21+,23?/m1/s1. The van der Waals surface area contributed by atoms with E-state index in [0.717, 1.165) is 12.8 Å². The monoisotopic (exact) mass is 447 g/mol. The average Bonchev–Trinajstić information content (AvgIpc) is 3.10. The van der Waals surface area contributed by atoms with Crippen LogP contribution >= 0.6 is 0 Å². The highest BCUT2D eigenvalue weighted by Gasteiger charge is 2.36. The number of nitrogens with one attached hydrogen (secondary N) is 1.